The summed E-state index contributed by atoms with van der Waals surface area (Å²) >= 11 is 0. The molecule has 146 valence electrons. The van der Waals surface area contributed by atoms with Crippen LogP contribution >= 0.6 is 0 Å². The molecule has 0 radical (unpaired) electrons. The predicted molar refractivity (Wildman–Crippen MR) is 109 cm³/mol. The maximum absolute atomic E-state index is 13.0. The molecule has 6 heteroatoms. The molecule has 0 aliphatic heterocycles. The van der Waals surface area contributed by atoms with Gasteiger partial charge in [0, 0.05) is 5.56 Å². The van der Waals surface area contributed by atoms with Gasteiger partial charge in [0.2, 0.25) is 10.0 Å². The Labute approximate surface area is 166 Å². The predicted octanol–water partition coefficient (Wildman–Crippen LogP) is 4.08. The van der Waals surface area contributed by atoms with Gasteiger partial charge in [-0.3, -0.25) is 0 Å². The summed E-state index contributed by atoms with van der Waals surface area (Å²) in [6.45, 7) is 1.92. The van der Waals surface area contributed by atoms with E-state index in [-0.39, 0.29) is 4.90 Å². The topological polar surface area (TPSA) is 64.6 Å². The quantitative estimate of drug-likeness (QED) is 0.652. The molecule has 1 unspecified atom stereocenters. The molecule has 28 heavy (non-hydrogen) atoms. The van der Waals surface area contributed by atoms with E-state index in [1.54, 1.807) is 50.6 Å². The lowest BCUT2D eigenvalue weighted by molar-refractivity contribution is 0.406. The van der Waals surface area contributed by atoms with Crippen LogP contribution in [0.2, 0.25) is 0 Å². The first-order valence-corrected chi connectivity index (χ1v) is 10.3. The fourth-order valence-corrected chi connectivity index (χ4v) is 4.16. The van der Waals surface area contributed by atoms with E-state index in [2.05, 4.69) is 4.72 Å². The van der Waals surface area contributed by atoms with Crippen LogP contribution in [0.25, 0.3) is 0 Å². The molecule has 0 amide bonds. The fraction of sp³-hybridized carbons (Fsp3) is 0.182. The number of benzene rings is 3. The second-order valence-corrected chi connectivity index (χ2v) is 8.10. The number of nitrogens with one attached hydrogen (secondary N) is 1. The van der Waals surface area contributed by atoms with Gasteiger partial charge in [0.05, 0.1) is 25.2 Å². The molecule has 1 atom stereocenters. The summed E-state index contributed by atoms with van der Waals surface area (Å²) in [6.07, 6.45) is 0. The third kappa shape index (κ3) is 4.35. The van der Waals surface area contributed by atoms with Crippen LogP contribution in [0.4, 0.5) is 0 Å². The molecule has 0 heterocycles. The summed E-state index contributed by atoms with van der Waals surface area (Å²) in [4.78, 5) is 0.214. The minimum atomic E-state index is -3.75. The largest absolute Gasteiger partial charge is 0.497 e. The molecule has 0 saturated heterocycles. The number of aryl methyl sites for hydroxylation is 1. The van der Waals surface area contributed by atoms with E-state index in [1.807, 2.05) is 43.3 Å². The number of hydrogen-bond donors (Lipinski definition) is 1. The first-order chi connectivity index (χ1) is 13.4. The molecule has 0 saturated carbocycles. The van der Waals surface area contributed by atoms with Crippen molar-refractivity contribution in [3.8, 4) is 11.5 Å². The second kappa shape index (κ2) is 8.46. The van der Waals surface area contributed by atoms with E-state index < -0.39 is 16.1 Å². The summed E-state index contributed by atoms with van der Waals surface area (Å²) in [6, 6.07) is 20.8. The van der Waals surface area contributed by atoms with E-state index in [0.29, 0.717) is 11.5 Å². The molecule has 1 N–H and O–H groups in total. The van der Waals surface area contributed by atoms with Crippen molar-refractivity contribution in [2.75, 3.05) is 14.2 Å². The highest BCUT2D eigenvalue weighted by Crippen LogP contribution is 2.32. The highest BCUT2D eigenvalue weighted by Gasteiger charge is 2.25. The van der Waals surface area contributed by atoms with Crippen molar-refractivity contribution in [3.05, 3.63) is 89.5 Å². The van der Waals surface area contributed by atoms with Gasteiger partial charge in [0.1, 0.15) is 11.5 Å². The Morgan fingerprint density at radius 3 is 2.07 bits per heavy atom. The number of para-hydroxylation sites is 1. The van der Waals surface area contributed by atoms with Gasteiger partial charge in [-0.25, -0.2) is 8.42 Å². The standard InChI is InChI=1S/C22H23NO4S/c1-16-8-14-19(15-9-16)28(24,25)23-22(17-10-12-18(26-2)13-11-17)20-6-4-5-7-21(20)27-3/h4-15,22-23H,1-3H3. The number of ether oxygens (including phenoxy) is 2. The summed E-state index contributed by atoms with van der Waals surface area (Å²) in [7, 11) is -0.592. The zero-order valence-electron chi connectivity index (χ0n) is 16.0. The Bertz CT molecular complexity index is 1030. The summed E-state index contributed by atoms with van der Waals surface area (Å²) in [5.74, 6) is 1.30. The van der Waals surface area contributed by atoms with Crippen molar-refractivity contribution >= 4 is 10.0 Å². The van der Waals surface area contributed by atoms with Gasteiger partial charge in [0.25, 0.3) is 0 Å². The lowest BCUT2D eigenvalue weighted by atomic mass is 9.98. The van der Waals surface area contributed by atoms with Crippen LogP contribution in [0.3, 0.4) is 0 Å². The van der Waals surface area contributed by atoms with Crippen LogP contribution in [0.1, 0.15) is 22.7 Å². The zero-order valence-corrected chi connectivity index (χ0v) is 16.9. The molecular weight excluding hydrogens is 374 g/mol. The SMILES string of the molecule is COc1ccc(C(NS(=O)(=O)c2ccc(C)cc2)c2ccccc2OC)cc1. The average Bonchev–Trinajstić information content (AvgIpc) is 2.72. The Balaban J connectivity index is 2.06. The smallest absolute Gasteiger partial charge is 0.241 e. The fourth-order valence-electron chi connectivity index (χ4n) is 2.95. The van der Waals surface area contributed by atoms with Gasteiger partial charge in [-0.1, -0.05) is 48.0 Å². The minimum Gasteiger partial charge on any atom is -0.497 e. The zero-order chi connectivity index (χ0) is 20.1. The van der Waals surface area contributed by atoms with Crippen LogP contribution in [0.5, 0.6) is 11.5 Å². The van der Waals surface area contributed by atoms with E-state index in [1.165, 1.54) is 0 Å². The molecule has 0 aromatic heterocycles. The van der Waals surface area contributed by atoms with Gasteiger partial charge >= 0.3 is 0 Å². The Hall–Kier alpha value is -2.83. The summed E-state index contributed by atoms with van der Waals surface area (Å²) in [5, 5.41) is 0. The normalized spacial score (nSPS) is 12.4. The third-order valence-corrected chi connectivity index (χ3v) is 5.94. The van der Waals surface area contributed by atoms with Gasteiger partial charge in [-0.15, -0.1) is 0 Å². The lowest BCUT2D eigenvalue weighted by Gasteiger charge is -2.22. The van der Waals surface area contributed by atoms with Crippen molar-refractivity contribution in [3.63, 3.8) is 0 Å². The van der Waals surface area contributed by atoms with Gasteiger partial charge < -0.3 is 9.47 Å². The van der Waals surface area contributed by atoms with Crippen molar-refractivity contribution in [2.45, 2.75) is 17.9 Å². The number of rotatable bonds is 7. The molecule has 0 fully saturated rings. The van der Waals surface area contributed by atoms with Crippen LogP contribution in [-0.4, -0.2) is 22.6 Å². The van der Waals surface area contributed by atoms with E-state index in [0.717, 1.165) is 16.7 Å². The highest BCUT2D eigenvalue weighted by molar-refractivity contribution is 7.89. The number of methoxy groups -OCH3 is 2. The molecule has 3 aromatic carbocycles. The molecule has 0 aliphatic carbocycles. The molecule has 0 bridgehead atoms. The Morgan fingerprint density at radius 2 is 1.46 bits per heavy atom. The Kier molecular flexibility index (Phi) is 6.02. The maximum atomic E-state index is 13.0. The summed E-state index contributed by atoms with van der Waals surface area (Å²) < 4.78 is 39.6. The monoisotopic (exact) mass is 397 g/mol. The van der Waals surface area contributed by atoms with Crippen LogP contribution < -0.4 is 14.2 Å². The van der Waals surface area contributed by atoms with Crippen molar-refractivity contribution < 1.29 is 17.9 Å². The molecule has 0 spiro atoms. The number of sulfonamides is 1. The van der Waals surface area contributed by atoms with Gasteiger partial charge in [0.15, 0.2) is 0 Å². The first kappa shape index (κ1) is 19.9. The van der Waals surface area contributed by atoms with Crippen LogP contribution in [0, 0.1) is 6.92 Å². The summed E-state index contributed by atoms with van der Waals surface area (Å²) in [5.41, 5.74) is 2.50. The van der Waals surface area contributed by atoms with E-state index in [9.17, 15) is 8.42 Å². The van der Waals surface area contributed by atoms with Crippen molar-refractivity contribution in [2.24, 2.45) is 0 Å². The van der Waals surface area contributed by atoms with Crippen molar-refractivity contribution in [1.82, 2.24) is 4.72 Å². The van der Waals surface area contributed by atoms with Gasteiger partial charge in [-0.2, -0.15) is 4.72 Å². The molecule has 3 aromatic rings. The Morgan fingerprint density at radius 1 is 0.821 bits per heavy atom. The second-order valence-electron chi connectivity index (χ2n) is 6.38. The lowest BCUT2D eigenvalue weighted by Crippen LogP contribution is -2.29. The maximum Gasteiger partial charge on any atom is 0.241 e. The average molecular weight is 397 g/mol. The minimum absolute atomic E-state index is 0.214. The molecule has 5 nitrogen and oxygen atoms in total. The molecular formula is C22H23NO4S. The highest BCUT2D eigenvalue weighted by atomic mass is 32.2. The van der Waals surface area contributed by atoms with Gasteiger partial charge in [-0.05, 0) is 42.8 Å². The third-order valence-electron chi connectivity index (χ3n) is 4.50. The molecule has 0 aliphatic rings. The van der Waals surface area contributed by atoms with Crippen LogP contribution in [-0.2, 0) is 10.0 Å². The number of hydrogen-bond acceptors (Lipinski definition) is 4. The van der Waals surface area contributed by atoms with E-state index >= 15 is 0 Å². The first-order valence-electron chi connectivity index (χ1n) is 8.80. The molecule has 3 rings (SSSR count). The van der Waals surface area contributed by atoms with E-state index in [4.69, 9.17) is 9.47 Å². The van der Waals surface area contributed by atoms with Crippen molar-refractivity contribution in [1.29, 1.82) is 0 Å². The van der Waals surface area contributed by atoms with Crippen LogP contribution in [0.15, 0.2) is 77.7 Å².